The minimum absolute atomic E-state index is 0.101. The number of benzene rings is 2. The first kappa shape index (κ1) is 17.0. The first-order valence-corrected chi connectivity index (χ1v) is 7.77. The number of hydrogen-bond acceptors (Lipinski definition) is 3. The van der Waals surface area contributed by atoms with Crippen LogP contribution in [0.2, 0.25) is 5.02 Å². The minimum atomic E-state index is -0.306. The zero-order valence-electron chi connectivity index (χ0n) is 13.2. The Morgan fingerprint density at radius 2 is 1.96 bits per heavy atom. The van der Waals surface area contributed by atoms with Crippen molar-refractivity contribution in [2.24, 2.45) is 5.10 Å². The molecule has 0 aliphatic rings. The van der Waals surface area contributed by atoms with Crippen LogP contribution in [0.15, 0.2) is 53.6 Å². The third-order valence-corrected chi connectivity index (χ3v) is 3.68. The fourth-order valence-electron chi connectivity index (χ4n) is 2.00. The third kappa shape index (κ3) is 5.11. The van der Waals surface area contributed by atoms with Crippen molar-refractivity contribution in [1.82, 2.24) is 5.43 Å². The van der Waals surface area contributed by atoms with Crippen LogP contribution >= 0.6 is 11.6 Å². The summed E-state index contributed by atoms with van der Waals surface area (Å²) in [7, 11) is 0. The maximum absolute atomic E-state index is 11.9. The normalized spacial score (nSPS) is 11.2. The molecule has 4 nitrogen and oxygen atoms in total. The Balaban J connectivity index is 1.91. The van der Waals surface area contributed by atoms with Crippen LogP contribution in [0, 0.1) is 6.92 Å². The highest BCUT2D eigenvalue weighted by Gasteiger charge is 2.05. The van der Waals surface area contributed by atoms with E-state index in [1.165, 1.54) is 0 Å². The van der Waals surface area contributed by atoms with Gasteiger partial charge in [0, 0.05) is 5.02 Å². The summed E-state index contributed by atoms with van der Waals surface area (Å²) in [6, 6.07) is 15.0. The van der Waals surface area contributed by atoms with Gasteiger partial charge in [0.25, 0.3) is 5.91 Å². The van der Waals surface area contributed by atoms with Crippen LogP contribution in [-0.2, 0) is 4.79 Å². The van der Waals surface area contributed by atoms with Gasteiger partial charge in [0.1, 0.15) is 5.75 Å². The van der Waals surface area contributed by atoms with Gasteiger partial charge in [0.05, 0.1) is 5.71 Å². The highest BCUT2D eigenvalue weighted by molar-refractivity contribution is 6.31. The van der Waals surface area contributed by atoms with Gasteiger partial charge in [-0.2, -0.15) is 5.10 Å². The minimum Gasteiger partial charge on any atom is -0.484 e. The van der Waals surface area contributed by atoms with E-state index in [1.807, 2.05) is 44.2 Å². The molecule has 23 heavy (non-hydrogen) atoms. The van der Waals surface area contributed by atoms with E-state index >= 15 is 0 Å². The zero-order valence-corrected chi connectivity index (χ0v) is 13.9. The number of nitrogens with zero attached hydrogens (tertiary/aromatic N) is 1. The first-order valence-electron chi connectivity index (χ1n) is 7.40. The topological polar surface area (TPSA) is 50.7 Å². The lowest BCUT2D eigenvalue weighted by atomic mass is 10.1. The Morgan fingerprint density at radius 3 is 2.61 bits per heavy atom. The van der Waals surface area contributed by atoms with E-state index in [9.17, 15) is 4.79 Å². The van der Waals surface area contributed by atoms with Crippen LogP contribution < -0.4 is 10.2 Å². The molecule has 0 radical (unpaired) electrons. The molecule has 2 rings (SSSR count). The van der Waals surface area contributed by atoms with E-state index in [0.717, 1.165) is 23.3 Å². The molecule has 5 heteroatoms. The van der Waals surface area contributed by atoms with Crippen LogP contribution in [0.25, 0.3) is 0 Å². The molecule has 0 atom stereocenters. The summed E-state index contributed by atoms with van der Waals surface area (Å²) in [5.74, 6) is 0.296. The Bertz CT molecular complexity index is 699. The first-order chi connectivity index (χ1) is 11.1. The van der Waals surface area contributed by atoms with Crippen molar-refractivity contribution in [3.63, 3.8) is 0 Å². The highest BCUT2D eigenvalue weighted by atomic mass is 35.5. The van der Waals surface area contributed by atoms with E-state index < -0.39 is 0 Å². The number of halogens is 1. The van der Waals surface area contributed by atoms with Crippen molar-refractivity contribution in [3.05, 3.63) is 64.7 Å². The molecule has 2 aromatic rings. The molecule has 0 aromatic heterocycles. The average Bonchev–Trinajstić information content (AvgIpc) is 2.57. The molecule has 0 aliphatic heterocycles. The van der Waals surface area contributed by atoms with Gasteiger partial charge in [-0.15, -0.1) is 0 Å². The molecule has 2 aromatic carbocycles. The van der Waals surface area contributed by atoms with E-state index in [0.29, 0.717) is 10.8 Å². The van der Waals surface area contributed by atoms with Gasteiger partial charge in [-0.3, -0.25) is 4.79 Å². The second-order valence-electron chi connectivity index (χ2n) is 5.01. The second kappa shape index (κ2) is 8.34. The molecule has 120 valence electrons. The highest BCUT2D eigenvalue weighted by Crippen LogP contribution is 2.20. The van der Waals surface area contributed by atoms with Crippen LogP contribution in [0.4, 0.5) is 0 Å². The molecular formula is C18H19ClN2O2. The van der Waals surface area contributed by atoms with Crippen LogP contribution in [0.5, 0.6) is 5.75 Å². The summed E-state index contributed by atoms with van der Waals surface area (Å²) >= 11 is 5.95. The molecule has 1 N–H and O–H groups in total. The Hall–Kier alpha value is -2.33. The number of rotatable bonds is 6. The molecule has 0 fully saturated rings. The lowest BCUT2D eigenvalue weighted by Crippen LogP contribution is -2.26. The number of ether oxygens (including phenoxy) is 1. The van der Waals surface area contributed by atoms with Crippen molar-refractivity contribution in [2.75, 3.05) is 6.61 Å². The maximum atomic E-state index is 11.9. The standard InChI is InChI=1S/C18H19ClN2O2/c1-3-17(14-7-5-4-6-8-14)20-21-18(22)12-23-15-9-10-16(19)13(2)11-15/h4-11H,3,12H2,1-2H3,(H,21,22)/b20-17+. The molecule has 0 saturated heterocycles. The molecule has 0 aliphatic carbocycles. The Kier molecular flexibility index (Phi) is 6.18. The maximum Gasteiger partial charge on any atom is 0.277 e. The molecule has 0 bridgehead atoms. The Labute approximate surface area is 141 Å². The van der Waals surface area contributed by atoms with E-state index in [-0.39, 0.29) is 12.5 Å². The fraction of sp³-hybridized carbons (Fsp3) is 0.222. The number of amides is 1. The van der Waals surface area contributed by atoms with Gasteiger partial charge in [-0.25, -0.2) is 5.43 Å². The SMILES string of the molecule is CC/C(=N\NC(=O)COc1ccc(Cl)c(C)c1)c1ccccc1. The molecule has 0 unspecified atom stereocenters. The predicted molar refractivity (Wildman–Crippen MR) is 93.1 cm³/mol. The molecule has 0 saturated carbocycles. The molecule has 0 heterocycles. The molecule has 0 spiro atoms. The lowest BCUT2D eigenvalue weighted by molar-refractivity contribution is -0.123. The number of nitrogens with one attached hydrogen (secondary N) is 1. The van der Waals surface area contributed by atoms with Gasteiger partial charge in [-0.05, 0) is 42.7 Å². The second-order valence-corrected chi connectivity index (χ2v) is 5.42. The van der Waals surface area contributed by atoms with Crippen molar-refractivity contribution < 1.29 is 9.53 Å². The summed E-state index contributed by atoms with van der Waals surface area (Å²) in [5.41, 5.74) is 5.24. The number of hydrazone groups is 1. The van der Waals surface area contributed by atoms with Crippen LogP contribution in [0.3, 0.4) is 0 Å². The summed E-state index contributed by atoms with van der Waals surface area (Å²) in [6.07, 6.45) is 0.724. The van der Waals surface area contributed by atoms with Crippen molar-refractivity contribution >= 4 is 23.2 Å². The molecular weight excluding hydrogens is 312 g/mol. The monoisotopic (exact) mass is 330 g/mol. The summed E-state index contributed by atoms with van der Waals surface area (Å²) in [6.45, 7) is 3.77. The quantitative estimate of drug-likeness (QED) is 0.644. The van der Waals surface area contributed by atoms with E-state index in [1.54, 1.807) is 18.2 Å². The number of carbonyl (C=O) groups is 1. The van der Waals surface area contributed by atoms with Crippen molar-refractivity contribution in [2.45, 2.75) is 20.3 Å². The van der Waals surface area contributed by atoms with E-state index in [2.05, 4.69) is 10.5 Å². The third-order valence-electron chi connectivity index (χ3n) is 3.26. The molecule has 1 amide bonds. The number of aryl methyl sites for hydroxylation is 1. The van der Waals surface area contributed by atoms with Crippen LogP contribution in [0.1, 0.15) is 24.5 Å². The number of hydrogen-bond donors (Lipinski definition) is 1. The van der Waals surface area contributed by atoms with Gasteiger partial charge in [0.15, 0.2) is 6.61 Å². The Morgan fingerprint density at radius 1 is 1.22 bits per heavy atom. The van der Waals surface area contributed by atoms with Gasteiger partial charge in [0.2, 0.25) is 0 Å². The number of carbonyl (C=O) groups excluding carboxylic acids is 1. The van der Waals surface area contributed by atoms with Crippen molar-refractivity contribution in [1.29, 1.82) is 0 Å². The summed E-state index contributed by atoms with van der Waals surface area (Å²) in [5, 5.41) is 4.84. The van der Waals surface area contributed by atoms with Crippen molar-refractivity contribution in [3.8, 4) is 5.75 Å². The van der Waals surface area contributed by atoms with Gasteiger partial charge in [-0.1, -0.05) is 48.9 Å². The fourth-order valence-corrected chi connectivity index (χ4v) is 2.11. The van der Waals surface area contributed by atoms with E-state index in [4.69, 9.17) is 16.3 Å². The summed E-state index contributed by atoms with van der Waals surface area (Å²) in [4.78, 5) is 11.9. The lowest BCUT2D eigenvalue weighted by Gasteiger charge is -2.08. The smallest absolute Gasteiger partial charge is 0.277 e. The largest absolute Gasteiger partial charge is 0.484 e. The zero-order chi connectivity index (χ0) is 16.7. The summed E-state index contributed by atoms with van der Waals surface area (Å²) < 4.78 is 5.44. The van der Waals surface area contributed by atoms with Gasteiger partial charge < -0.3 is 4.74 Å². The predicted octanol–water partition coefficient (Wildman–Crippen LogP) is 3.96. The van der Waals surface area contributed by atoms with Gasteiger partial charge >= 0.3 is 0 Å². The average molecular weight is 331 g/mol. The van der Waals surface area contributed by atoms with Crippen LogP contribution in [-0.4, -0.2) is 18.2 Å².